The zero-order valence-corrected chi connectivity index (χ0v) is 19.8. The van der Waals surface area contributed by atoms with Crippen LogP contribution < -0.4 is 11.0 Å². The lowest BCUT2D eigenvalue weighted by molar-refractivity contribution is -0.134. The Hall–Kier alpha value is -3.50. The maximum Gasteiger partial charge on any atom is 0.369 e. The Balaban J connectivity index is 1.30. The highest BCUT2D eigenvalue weighted by atomic mass is 35.5. The summed E-state index contributed by atoms with van der Waals surface area (Å²) in [5.74, 6) is -0.312. The number of aryl methyl sites for hydroxylation is 2. The number of rotatable bonds is 6. The van der Waals surface area contributed by atoms with Crippen molar-refractivity contribution in [2.24, 2.45) is 0 Å². The average Bonchev–Trinajstić information content (AvgIpc) is 3.17. The lowest BCUT2D eigenvalue weighted by atomic mass is 10.1. The summed E-state index contributed by atoms with van der Waals surface area (Å²) in [6, 6.07) is 12.7. The fourth-order valence-electron chi connectivity index (χ4n) is 3.93. The molecule has 2 amide bonds. The van der Waals surface area contributed by atoms with E-state index in [4.69, 9.17) is 11.6 Å². The highest BCUT2D eigenvalue weighted by molar-refractivity contribution is 6.32. The maximum absolute atomic E-state index is 12.7. The molecule has 34 heavy (non-hydrogen) atoms. The van der Waals surface area contributed by atoms with E-state index in [-0.39, 0.29) is 24.9 Å². The Bertz CT molecular complexity index is 1240. The van der Waals surface area contributed by atoms with Gasteiger partial charge in [0, 0.05) is 31.9 Å². The van der Waals surface area contributed by atoms with Gasteiger partial charge in [-0.25, -0.2) is 4.79 Å². The molecule has 1 N–H and O–H groups in total. The molecule has 3 aromatic rings. The molecule has 10 nitrogen and oxygen atoms in total. The largest absolute Gasteiger partial charge is 0.369 e. The van der Waals surface area contributed by atoms with Gasteiger partial charge in [-0.05, 0) is 47.5 Å². The Kier molecular flexibility index (Phi) is 7.09. The number of halogens is 1. The van der Waals surface area contributed by atoms with Gasteiger partial charge in [0.25, 0.3) is 0 Å². The first-order valence-electron chi connectivity index (χ1n) is 11.0. The molecule has 0 bridgehead atoms. The summed E-state index contributed by atoms with van der Waals surface area (Å²) in [6.45, 7) is 6.01. The van der Waals surface area contributed by atoms with Crippen LogP contribution in [-0.4, -0.2) is 74.1 Å². The Morgan fingerprint density at radius 3 is 2.29 bits per heavy atom. The van der Waals surface area contributed by atoms with Gasteiger partial charge >= 0.3 is 5.69 Å². The van der Waals surface area contributed by atoms with Crippen molar-refractivity contribution in [1.82, 2.24) is 29.6 Å². The minimum absolute atomic E-state index is 0.0834. The molecule has 1 aromatic heterocycles. The van der Waals surface area contributed by atoms with Gasteiger partial charge in [0.05, 0.1) is 17.3 Å². The van der Waals surface area contributed by atoms with Gasteiger partial charge < -0.3 is 10.2 Å². The van der Waals surface area contributed by atoms with Crippen LogP contribution in [-0.2, 0) is 16.1 Å². The van der Waals surface area contributed by atoms with Crippen molar-refractivity contribution in [2.75, 3.05) is 38.0 Å². The molecule has 0 unspecified atom stereocenters. The molecule has 178 valence electrons. The second-order valence-electron chi connectivity index (χ2n) is 8.25. The number of tetrazole rings is 1. The zero-order valence-electron chi connectivity index (χ0n) is 19.1. The summed E-state index contributed by atoms with van der Waals surface area (Å²) in [5.41, 5.74) is 2.75. The molecular formula is C23H26ClN7O3. The number of nitrogens with zero attached hydrogens (tertiary/aromatic N) is 6. The van der Waals surface area contributed by atoms with Crippen LogP contribution in [0.2, 0.25) is 5.02 Å². The number of para-hydroxylation sites is 2. The van der Waals surface area contributed by atoms with E-state index in [9.17, 15) is 14.4 Å². The number of carbonyl (C=O) groups excluding carboxylic acids is 2. The molecule has 0 aliphatic carbocycles. The lowest BCUT2D eigenvalue weighted by Gasteiger charge is -2.34. The smallest absolute Gasteiger partial charge is 0.339 e. The van der Waals surface area contributed by atoms with Crippen molar-refractivity contribution in [3.63, 3.8) is 0 Å². The Labute approximate surface area is 201 Å². The second kappa shape index (κ2) is 10.2. The quantitative estimate of drug-likeness (QED) is 0.569. The Morgan fingerprint density at radius 2 is 1.62 bits per heavy atom. The Morgan fingerprint density at radius 1 is 0.941 bits per heavy atom. The standard InChI is InChI=1S/C23H26ClN7O3/c1-16-6-5-7-17(2)22(16)25-20(32)14-28-10-12-29(13-11-28)21(33)15-30-23(34)31(27-26-30)19-9-4-3-8-18(19)24/h3-9H,10-15H2,1-2H3,(H,25,32). The van der Waals surface area contributed by atoms with Crippen molar-refractivity contribution >= 4 is 29.1 Å². The van der Waals surface area contributed by atoms with E-state index in [2.05, 4.69) is 15.7 Å². The van der Waals surface area contributed by atoms with Crippen LogP contribution in [0.5, 0.6) is 0 Å². The van der Waals surface area contributed by atoms with Crippen molar-refractivity contribution in [1.29, 1.82) is 0 Å². The van der Waals surface area contributed by atoms with E-state index in [1.165, 1.54) is 0 Å². The molecular weight excluding hydrogens is 458 g/mol. The van der Waals surface area contributed by atoms with Gasteiger partial charge in [-0.15, -0.1) is 0 Å². The van der Waals surface area contributed by atoms with E-state index < -0.39 is 5.69 Å². The normalized spacial score (nSPS) is 14.3. The number of benzene rings is 2. The van der Waals surface area contributed by atoms with Crippen LogP contribution in [0.1, 0.15) is 11.1 Å². The second-order valence-corrected chi connectivity index (χ2v) is 8.66. The predicted octanol–water partition coefficient (Wildman–Crippen LogP) is 1.48. The number of aromatic nitrogens is 4. The van der Waals surface area contributed by atoms with E-state index in [1.807, 2.05) is 36.9 Å². The van der Waals surface area contributed by atoms with Gasteiger partial charge in [-0.2, -0.15) is 9.36 Å². The van der Waals surface area contributed by atoms with Crippen molar-refractivity contribution in [2.45, 2.75) is 20.4 Å². The molecule has 0 saturated carbocycles. The number of nitrogens with one attached hydrogen (secondary N) is 1. The van der Waals surface area contributed by atoms with Crippen LogP contribution in [0.25, 0.3) is 5.69 Å². The third-order valence-electron chi connectivity index (χ3n) is 5.84. The zero-order chi connectivity index (χ0) is 24.2. The highest BCUT2D eigenvalue weighted by Crippen LogP contribution is 2.19. The van der Waals surface area contributed by atoms with E-state index in [0.29, 0.717) is 36.9 Å². The van der Waals surface area contributed by atoms with Gasteiger partial charge in [0.1, 0.15) is 6.54 Å². The molecule has 1 aliphatic rings. The SMILES string of the molecule is Cc1cccc(C)c1NC(=O)CN1CCN(C(=O)Cn2nnn(-c3ccccc3Cl)c2=O)CC1. The third-order valence-corrected chi connectivity index (χ3v) is 6.16. The van der Waals surface area contributed by atoms with Crippen LogP contribution >= 0.6 is 11.6 Å². The monoisotopic (exact) mass is 483 g/mol. The minimum Gasteiger partial charge on any atom is -0.339 e. The molecule has 0 atom stereocenters. The molecule has 0 radical (unpaired) electrons. The highest BCUT2D eigenvalue weighted by Gasteiger charge is 2.24. The van der Waals surface area contributed by atoms with Crippen LogP contribution in [0.15, 0.2) is 47.3 Å². The van der Waals surface area contributed by atoms with Crippen molar-refractivity contribution < 1.29 is 9.59 Å². The van der Waals surface area contributed by atoms with Crippen LogP contribution in [0.4, 0.5) is 5.69 Å². The first-order chi connectivity index (χ1) is 16.3. The number of amides is 2. The average molecular weight is 484 g/mol. The molecule has 2 aromatic carbocycles. The van der Waals surface area contributed by atoms with Crippen LogP contribution in [0, 0.1) is 13.8 Å². The summed E-state index contributed by atoms with van der Waals surface area (Å²) in [4.78, 5) is 41.6. The maximum atomic E-state index is 12.7. The molecule has 1 aliphatic heterocycles. The number of piperazine rings is 1. The van der Waals surface area contributed by atoms with Crippen LogP contribution in [0.3, 0.4) is 0 Å². The van der Waals surface area contributed by atoms with E-state index in [1.54, 1.807) is 29.2 Å². The summed E-state index contributed by atoms with van der Waals surface area (Å²) in [5, 5.41) is 11.0. The predicted molar refractivity (Wildman–Crippen MR) is 128 cm³/mol. The molecule has 1 saturated heterocycles. The fourth-order valence-corrected chi connectivity index (χ4v) is 4.14. The number of hydrogen-bond donors (Lipinski definition) is 1. The summed E-state index contributed by atoms with van der Waals surface area (Å²) < 4.78 is 2.10. The van der Waals surface area contributed by atoms with Gasteiger partial charge in [-0.1, -0.05) is 41.9 Å². The third kappa shape index (κ3) is 5.18. The molecule has 4 rings (SSSR count). The minimum atomic E-state index is -0.539. The first kappa shape index (κ1) is 23.7. The number of carbonyl (C=O) groups is 2. The van der Waals surface area contributed by atoms with Crippen molar-refractivity contribution in [3.05, 3.63) is 69.1 Å². The lowest BCUT2D eigenvalue weighted by Crippen LogP contribution is -2.51. The molecule has 11 heteroatoms. The van der Waals surface area contributed by atoms with Gasteiger partial charge in [0.15, 0.2) is 0 Å². The topological polar surface area (TPSA) is 105 Å². The van der Waals surface area contributed by atoms with E-state index >= 15 is 0 Å². The van der Waals surface area contributed by atoms with Gasteiger partial charge in [-0.3, -0.25) is 14.5 Å². The molecule has 0 spiro atoms. The van der Waals surface area contributed by atoms with Crippen molar-refractivity contribution in [3.8, 4) is 5.69 Å². The number of anilines is 1. The number of hydrogen-bond acceptors (Lipinski definition) is 6. The fraction of sp³-hybridized carbons (Fsp3) is 0.348. The summed E-state index contributed by atoms with van der Waals surface area (Å²) >= 11 is 6.13. The first-order valence-corrected chi connectivity index (χ1v) is 11.3. The summed E-state index contributed by atoms with van der Waals surface area (Å²) in [7, 11) is 0. The molecule has 2 heterocycles. The van der Waals surface area contributed by atoms with E-state index in [0.717, 1.165) is 26.2 Å². The van der Waals surface area contributed by atoms with Gasteiger partial charge in [0.2, 0.25) is 11.8 Å². The molecule has 1 fully saturated rings. The summed E-state index contributed by atoms with van der Waals surface area (Å²) in [6.07, 6.45) is 0.